The van der Waals surface area contributed by atoms with Crippen molar-refractivity contribution in [3.8, 4) is 0 Å². The van der Waals surface area contributed by atoms with Crippen LogP contribution in [-0.2, 0) is 6.42 Å². The van der Waals surface area contributed by atoms with Crippen LogP contribution in [0.5, 0.6) is 0 Å². The first-order chi connectivity index (χ1) is 9.63. The summed E-state index contributed by atoms with van der Waals surface area (Å²) in [5, 5.41) is 0. The van der Waals surface area contributed by atoms with Crippen LogP contribution in [0.3, 0.4) is 0 Å². The summed E-state index contributed by atoms with van der Waals surface area (Å²) in [6, 6.07) is 12.1. The molecule has 0 radical (unpaired) electrons. The fourth-order valence-electron chi connectivity index (χ4n) is 2.51. The van der Waals surface area contributed by atoms with Gasteiger partial charge in [0.1, 0.15) is 5.82 Å². The zero-order valence-electron chi connectivity index (χ0n) is 10.8. The third-order valence-corrected chi connectivity index (χ3v) is 4.01. The van der Waals surface area contributed by atoms with Crippen LogP contribution in [0.4, 0.5) is 10.1 Å². The third kappa shape index (κ3) is 2.61. The lowest BCUT2D eigenvalue weighted by atomic mass is 10.1. The van der Waals surface area contributed by atoms with Crippen molar-refractivity contribution in [3.05, 3.63) is 63.9 Å². The van der Waals surface area contributed by atoms with Gasteiger partial charge in [-0.3, -0.25) is 4.79 Å². The lowest BCUT2D eigenvalue weighted by Crippen LogP contribution is -2.28. The highest BCUT2D eigenvalue weighted by atomic mass is 79.9. The van der Waals surface area contributed by atoms with Crippen molar-refractivity contribution < 1.29 is 9.18 Å². The quantitative estimate of drug-likeness (QED) is 0.795. The molecule has 1 aliphatic heterocycles. The van der Waals surface area contributed by atoms with E-state index in [1.54, 1.807) is 12.1 Å². The average molecular weight is 334 g/mol. The van der Waals surface area contributed by atoms with E-state index >= 15 is 0 Å². The molecule has 2 aromatic rings. The normalized spacial score (nSPS) is 13.4. The van der Waals surface area contributed by atoms with Gasteiger partial charge in [0.15, 0.2) is 5.78 Å². The summed E-state index contributed by atoms with van der Waals surface area (Å²) in [7, 11) is 0. The van der Waals surface area contributed by atoms with Gasteiger partial charge in [-0.1, -0.05) is 34.1 Å². The lowest BCUT2D eigenvalue weighted by Gasteiger charge is -2.18. The number of fused-ring (bicyclic) bond motifs is 1. The molecule has 0 atom stereocenters. The maximum atomic E-state index is 13.3. The van der Waals surface area contributed by atoms with Gasteiger partial charge >= 0.3 is 0 Å². The van der Waals surface area contributed by atoms with Gasteiger partial charge in [0.2, 0.25) is 0 Å². The third-order valence-electron chi connectivity index (χ3n) is 3.52. The second kappa shape index (κ2) is 5.37. The number of anilines is 1. The van der Waals surface area contributed by atoms with Crippen LogP contribution in [0.2, 0.25) is 0 Å². The van der Waals surface area contributed by atoms with Crippen LogP contribution >= 0.6 is 15.9 Å². The number of ketones is 1. The smallest absolute Gasteiger partial charge is 0.182 e. The van der Waals surface area contributed by atoms with E-state index in [4.69, 9.17) is 0 Å². The van der Waals surface area contributed by atoms with Crippen molar-refractivity contribution in [1.29, 1.82) is 0 Å². The minimum Gasteiger partial charge on any atom is -0.363 e. The molecule has 4 heteroatoms. The van der Waals surface area contributed by atoms with Gasteiger partial charge < -0.3 is 4.90 Å². The monoisotopic (exact) mass is 333 g/mol. The highest BCUT2D eigenvalue weighted by Gasteiger charge is 2.22. The standard InChI is InChI=1S/C16H13BrFNO/c17-13-3-1-2-12(8-13)16(20)10-19-7-6-11-4-5-14(18)9-15(11)19/h1-5,8-9H,6-7,10H2. The van der Waals surface area contributed by atoms with Crippen molar-refractivity contribution in [3.63, 3.8) is 0 Å². The van der Waals surface area contributed by atoms with Gasteiger partial charge in [-0.2, -0.15) is 0 Å². The molecule has 0 saturated heterocycles. The van der Waals surface area contributed by atoms with Crippen LogP contribution < -0.4 is 4.90 Å². The average Bonchev–Trinajstić information content (AvgIpc) is 2.81. The number of hydrogen-bond donors (Lipinski definition) is 0. The Labute approximate surface area is 125 Å². The second-order valence-corrected chi connectivity index (χ2v) is 5.79. The van der Waals surface area contributed by atoms with E-state index in [-0.39, 0.29) is 18.1 Å². The van der Waals surface area contributed by atoms with Crippen molar-refractivity contribution in [2.45, 2.75) is 6.42 Å². The Bertz CT molecular complexity index is 671. The first-order valence-corrected chi connectivity index (χ1v) is 7.25. The molecule has 0 N–H and O–H groups in total. The molecule has 0 amide bonds. The number of carbonyl (C=O) groups is 1. The molecule has 1 heterocycles. The van der Waals surface area contributed by atoms with E-state index < -0.39 is 0 Å². The molecule has 0 bridgehead atoms. The number of Topliss-reactive ketones (excluding diaryl/α,β-unsaturated/α-hetero) is 1. The first kappa shape index (κ1) is 13.3. The lowest BCUT2D eigenvalue weighted by molar-refractivity contribution is 0.0999. The van der Waals surface area contributed by atoms with Gasteiger partial charge in [-0.25, -0.2) is 4.39 Å². The molecule has 0 aliphatic carbocycles. The van der Waals surface area contributed by atoms with E-state index in [0.717, 1.165) is 28.7 Å². The predicted octanol–water partition coefficient (Wildman–Crippen LogP) is 3.83. The molecule has 0 spiro atoms. The van der Waals surface area contributed by atoms with Crippen LogP contribution in [0, 0.1) is 5.82 Å². The molecule has 1 aliphatic rings. The van der Waals surface area contributed by atoms with E-state index in [1.807, 2.05) is 23.1 Å². The summed E-state index contributed by atoms with van der Waals surface area (Å²) in [6.07, 6.45) is 0.862. The summed E-state index contributed by atoms with van der Waals surface area (Å²) in [4.78, 5) is 14.2. The van der Waals surface area contributed by atoms with E-state index in [1.165, 1.54) is 12.1 Å². The van der Waals surface area contributed by atoms with Gasteiger partial charge in [0.05, 0.1) is 6.54 Å². The number of rotatable bonds is 3. The van der Waals surface area contributed by atoms with E-state index in [2.05, 4.69) is 15.9 Å². The van der Waals surface area contributed by atoms with Crippen LogP contribution in [0.1, 0.15) is 15.9 Å². The molecular formula is C16H13BrFNO. The van der Waals surface area contributed by atoms with Gasteiger partial charge in [-0.05, 0) is 36.2 Å². The van der Waals surface area contributed by atoms with Gasteiger partial charge in [0, 0.05) is 22.3 Å². The summed E-state index contributed by atoms with van der Waals surface area (Å²) in [6.45, 7) is 1.05. The van der Waals surface area contributed by atoms with Crippen LogP contribution in [-0.4, -0.2) is 18.9 Å². The SMILES string of the molecule is O=C(CN1CCc2ccc(F)cc21)c1cccc(Br)c1. The molecule has 2 nitrogen and oxygen atoms in total. The Morgan fingerprint density at radius 1 is 1.25 bits per heavy atom. The summed E-state index contributed by atoms with van der Waals surface area (Å²) in [5.74, 6) is -0.214. The number of hydrogen-bond acceptors (Lipinski definition) is 2. The molecule has 0 unspecified atom stereocenters. The van der Waals surface area contributed by atoms with Crippen molar-refractivity contribution in [2.24, 2.45) is 0 Å². The van der Waals surface area contributed by atoms with E-state index in [0.29, 0.717) is 5.56 Å². The first-order valence-electron chi connectivity index (χ1n) is 6.45. The Morgan fingerprint density at radius 2 is 2.10 bits per heavy atom. The molecule has 3 rings (SSSR count). The minimum atomic E-state index is -0.259. The zero-order valence-corrected chi connectivity index (χ0v) is 12.4. The van der Waals surface area contributed by atoms with Crippen molar-refractivity contribution >= 4 is 27.4 Å². The maximum Gasteiger partial charge on any atom is 0.182 e. The highest BCUT2D eigenvalue weighted by molar-refractivity contribution is 9.10. The number of benzene rings is 2. The molecule has 0 saturated carbocycles. The molecular weight excluding hydrogens is 321 g/mol. The predicted molar refractivity (Wildman–Crippen MR) is 80.8 cm³/mol. The topological polar surface area (TPSA) is 20.3 Å². The number of halogens is 2. The Hall–Kier alpha value is -1.68. The van der Waals surface area contributed by atoms with Crippen LogP contribution in [0.25, 0.3) is 0 Å². The van der Waals surface area contributed by atoms with Crippen molar-refractivity contribution in [1.82, 2.24) is 0 Å². The minimum absolute atomic E-state index is 0.0448. The Kier molecular flexibility index (Phi) is 3.57. The number of carbonyl (C=O) groups excluding carboxylic acids is 1. The van der Waals surface area contributed by atoms with Crippen molar-refractivity contribution in [2.75, 3.05) is 18.0 Å². The summed E-state index contributed by atoms with van der Waals surface area (Å²) in [5.41, 5.74) is 2.62. The van der Waals surface area contributed by atoms with Gasteiger partial charge in [-0.15, -0.1) is 0 Å². The molecule has 0 aromatic heterocycles. The fraction of sp³-hybridized carbons (Fsp3) is 0.188. The Morgan fingerprint density at radius 3 is 2.90 bits per heavy atom. The molecule has 102 valence electrons. The van der Waals surface area contributed by atoms with Gasteiger partial charge in [0.25, 0.3) is 0 Å². The van der Waals surface area contributed by atoms with E-state index in [9.17, 15) is 9.18 Å². The summed E-state index contributed by atoms with van der Waals surface area (Å²) >= 11 is 3.36. The second-order valence-electron chi connectivity index (χ2n) is 4.88. The largest absolute Gasteiger partial charge is 0.363 e. The Balaban J connectivity index is 1.80. The maximum absolute atomic E-state index is 13.3. The fourth-order valence-corrected chi connectivity index (χ4v) is 2.91. The molecule has 0 fully saturated rings. The highest BCUT2D eigenvalue weighted by Crippen LogP contribution is 2.28. The summed E-state index contributed by atoms with van der Waals surface area (Å²) < 4.78 is 14.2. The van der Waals surface area contributed by atoms with Crippen LogP contribution in [0.15, 0.2) is 46.9 Å². The molecule has 2 aromatic carbocycles. The zero-order chi connectivity index (χ0) is 14.1. The number of nitrogens with zero attached hydrogens (tertiary/aromatic N) is 1. The molecule has 20 heavy (non-hydrogen) atoms.